The molecule has 62 valence electrons. The van der Waals surface area contributed by atoms with E-state index in [0.29, 0.717) is 0 Å². The Morgan fingerprint density at radius 3 is 2.50 bits per heavy atom. The van der Waals surface area contributed by atoms with Crippen molar-refractivity contribution in [3.63, 3.8) is 0 Å². The van der Waals surface area contributed by atoms with Crippen LogP contribution in [0.1, 0.15) is 26.7 Å². The van der Waals surface area contributed by atoms with Crippen molar-refractivity contribution >= 4 is 15.9 Å². The molecule has 0 amide bonds. The van der Waals surface area contributed by atoms with Crippen molar-refractivity contribution in [1.82, 2.24) is 0 Å². The predicted octanol–water partition coefficient (Wildman–Crippen LogP) is 2.83. The summed E-state index contributed by atoms with van der Waals surface area (Å²) in [5.41, 5.74) is 0. The van der Waals surface area contributed by atoms with Crippen molar-refractivity contribution in [1.29, 1.82) is 0 Å². The third-order valence-electron chi connectivity index (χ3n) is 1.26. The van der Waals surface area contributed by atoms with Crippen LogP contribution in [0.15, 0.2) is 0 Å². The average molecular weight is 209 g/mol. The van der Waals surface area contributed by atoms with Gasteiger partial charge in [0.05, 0.1) is 0 Å². The molecule has 0 saturated carbocycles. The van der Waals surface area contributed by atoms with Crippen LogP contribution in [0.3, 0.4) is 0 Å². The first-order chi connectivity index (χ1) is 4.77. The van der Waals surface area contributed by atoms with Crippen LogP contribution >= 0.6 is 15.9 Å². The molecule has 0 N–H and O–H groups in total. The fourth-order valence-electron chi connectivity index (χ4n) is 0.578. The molecule has 0 aromatic heterocycles. The Kier molecular flexibility index (Phi) is 7.88. The van der Waals surface area contributed by atoms with Crippen LogP contribution in [-0.2, 0) is 4.74 Å². The summed E-state index contributed by atoms with van der Waals surface area (Å²) in [6.45, 7) is 6.25. The van der Waals surface area contributed by atoms with Gasteiger partial charge in [-0.2, -0.15) is 0 Å². The molecule has 0 aromatic rings. The maximum absolute atomic E-state index is 5.35. The number of halogens is 1. The SMILES string of the molecule is CC(C)CCOCCCBr. The lowest BCUT2D eigenvalue weighted by Crippen LogP contribution is -2.00. The molecule has 0 aliphatic carbocycles. The molecule has 0 atom stereocenters. The molecule has 0 saturated heterocycles. The van der Waals surface area contributed by atoms with E-state index in [-0.39, 0.29) is 0 Å². The summed E-state index contributed by atoms with van der Waals surface area (Å²) >= 11 is 3.35. The molecule has 0 heterocycles. The van der Waals surface area contributed by atoms with Gasteiger partial charge in [0.1, 0.15) is 0 Å². The van der Waals surface area contributed by atoms with Crippen LogP contribution in [0, 0.1) is 5.92 Å². The van der Waals surface area contributed by atoms with Crippen LogP contribution in [-0.4, -0.2) is 18.5 Å². The fourth-order valence-corrected chi connectivity index (χ4v) is 0.807. The van der Waals surface area contributed by atoms with E-state index in [1.807, 2.05) is 0 Å². The van der Waals surface area contributed by atoms with Gasteiger partial charge in [-0.25, -0.2) is 0 Å². The van der Waals surface area contributed by atoms with E-state index >= 15 is 0 Å². The zero-order valence-corrected chi connectivity index (χ0v) is 8.49. The largest absolute Gasteiger partial charge is 0.381 e. The Balaban J connectivity index is 2.77. The third kappa shape index (κ3) is 8.44. The highest BCUT2D eigenvalue weighted by Gasteiger charge is 1.92. The normalized spacial score (nSPS) is 10.8. The van der Waals surface area contributed by atoms with E-state index in [4.69, 9.17) is 4.74 Å². The summed E-state index contributed by atoms with van der Waals surface area (Å²) in [6.07, 6.45) is 2.31. The summed E-state index contributed by atoms with van der Waals surface area (Å²) in [5.74, 6) is 0.768. The van der Waals surface area contributed by atoms with Gasteiger partial charge in [-0.15, -0.1) is 0 Å². The molecule has 1 nitrogen and oxygen atoms in total. The predicted molar refractivity (Wildman–Crippen MR) is 48.7 cm³/mol. The Labute approximate surface area is 72.3 Å². The number of hydrogen-bond donors (Lipinski definition) is 0. The summed E-state index contributed by atoms with van der Waals surface area (Å²) < 4.78 is 5.35. The van der Waals surface area contributed by atoms with E-state index < -0.39 is 0 Å². The maximum atomic E-state index is 5.35. The van der Waals surface area contributed by atoms with Gasteiger partial charge in [0.15, 0.2) is 0 Å². The van der Waals surface area contributed by atoms with Crippen LogP contribution in [0.25, 0.3) is 0 Å². The highest BCUT2D eigenvalue weighted by atomic mass is 79.9. The summed E-state index contributed by atoms with van der Waals surface area (Å²) in [5, 5.41) is 1.05. The minimum atomic E-state index is 0.768. The van der Waals surface area contributed by atoms with Crippen LogP contribution in [0.4, 0.5) is 0 Å². The summed E-state index contributed by atoms with van der Waals surface area (Å²) in [4.78, 5) is 0. The van der Waals surface area contributed by atoms with Gasteiger partial charge in [0.2, 0.25) is 0 Å². The standard InChI is InChI=1S/C8H17BrO/c1-8(2)4-7-10-6-3-5-9/h8H,3-7H2,1-2H3. The Hall–Kier alpha value is 0.440. The molecule has 0 spiro atoms. The van der Waals surface area contributed by atoms with Gasteiger partial charge in [0.25, 0.3) is 0 Å². The molecule has 10 heavy (non-hydrogen) atoms. The molecule has 2 heteroatoms. The Morgan fingerprint density at radius 1 is 1.30 bits per heavy atom. The van der Waals surface area contributed by atoms with E-state index in [0.717, 1.165) is 30.9 Å². The molecular weight excluding hydrogens is 192 g/mol. The van der Waals surface area contributed by atoms with Crippen LogP contribution in [0.5, 0.6) is 0 Å². The molecule has 0 unspecified atom stereocenters. The summed E-state index contributed by atoms with van der Waals surface area (Å²) in [7, 11) is 0. The number of ether oxygens (including phenoxy) is 1. The van der Waals surface area contributed by atoms with E-state index in [2.05, 4.69) is 29.8 Å². The number of rotatable bonds is 6. The van der Waals surface area contributed by atoms with Crippen LogP contribution in [0.2, 0.25) is 0 Å². The molecule has 0 aliphatic heterocycles. The van der Waals surface area contributed by atoms with Crippen molar-refractivity contribution in [2.24, 2.45) is 5.92 Å². The minimum absolute atomic E-state index is 0.768. The maximum Gasteiger partial charge on any atom is 0.0474 e. The third-order valence-corrected chi connectivity index (χ3v) is 1.82. The Bertz CT molecular complexity index is 64.3. The molecule has 0 fully saturated rings. The monoisotopic (exact) mass is 208 g/mol. The number of alkyl halides is 1. The zero-order chi connectivity index (χ0) is 7.82. The highest BCUT2D eigenvalue weighted by Crippen LogP contribution is 1.99. The first-order valence-corrected chi connectivity index (χ1v) is 5.03. The molecule has 0 aromatic carbocycles. The molecule has 0 radical (unpaired) electrons. The first kappa shape index (κ1) is 10.4. The lowest BCUT2D eigenvalue weighted by Gasteiger charge is -2.04. The van der Waals surface area contributed by atoms with E-state index in [1.165, 1.54) is 6.42 Å². The second-order valence-electron chi connectivity index (χ2n) is 2.84. The van der Waals surface area contributed by atoms with Gasteiger partial charge < -0.3 is 4.74 Å². The van der Waals surface area contributed by atoms with Gasteiger partial charge in [-0.05, 0) is 18.8 Å². The zero-order valence-electron chi connectivity index (χ0n) is 6.90. The molecular formula is C8H17BrO. The number of hydrogen-bond acceptors (Lipinski definition) is 1. The van der Waals surface area contributed by atoms with Gasteiger partial charge >= 0.3 is 0 Å². The molecule has 0 aliphatic rings. The molecule has 0 bridgehead atoms. The second-order valence-corrected chi connectivity index (χ2v) is 3.63. The Morgan fingerprint density at radius 2 is 2.00 bits per heavy atom. The van der Waals surface area contributed by atoms with Crippen LogP contribution < -0.4 is 0 Å². The van der Waals surface area contributed by atoms with Gasteiger partial charge in [-0.1, -0.05) is 29.8 Å². The van der Waals surface area contributed by atoms with Crippen molar-refractivity contribution in [2.45, 2.75) is 26.7 Å². The first-order valence-electron chi connectivity index (χ1n) is 3.91. The van der Waals surface area contributed by atoms with Crippen molar-refractivity contribution in [3.8, 4) is 0 Å². The van der Waals surface area contributed by atoms with Crippen molar-refractivity contribution in [2.75, 3.05) is 18.5 Å². The van der Waals surface area contributed by atoms with Crippen molar-refractivity contribution < 1.29 is 4.74 Å². The topological polar surface area (TPSA) is 9.23 Å². The second kappa shape index (κ2) is 7.55. The summed E-state index contributed by atoms with van der Waals surface area (Å²) in [6, 6.07) is 0. The quantitative estimate of drug-likeness (QED) is 0.482. The smallest absolute Gasteiger partial charge is 0.0474 e. The molecule has 0 rings (SSSR count). The minimum Gasteiger partial charge on any atom is -0.381 e. The fraction of sp³-hybridized carbons (Fsp3) is 1.00. The highest BCUT2D eigenvalue weighted by molar-refractivity contribution is 9.09. The lowest BCUT2D eigenvalue weighted by atomic mass is 10.1. The van der Waals surface area contributed by atoms with Gasteiger partial charge in [-0.3, -0.25) is 0 Å². The van der Waals surface area contributed by atoms with Crippen molar-refractivity contribution in [3.05, 3.63) is 0 Å². The van der Waals surface area contributed by atoms with E-state index in [1.54, 1.807) is 0 Å². The lowest BCUT2D eigenvalue weighted by molar-refractivity contribution is 0.125. The van der Waals surface area contributed by atoms with E-state index in [9.17, 15) is 0 Å². The average Bonchev–Trinajstić information content (AvgIpc) is 1.87. The van der Waals surface area contributed by atoms with Gasteiger partial charge in [0, 0.05) is 18.5 Å².